The summed E-state index contributed by atoms with van der Waals surface area (Å²) in [6.45, 7) is -0.214. The molecule has 0 aliphatic rings. The number of unbranched alkanes of at least 4 members (excludes halogenated alkanes) is 1. The first-order chi connectivity index (χ1) is 7.88. The summed E-state index contributed by atoms with van der Waals surface area (Å²) in [6.07, 6.45) is -4.11. The number of alkyl halides is 3. The molecule has 0 aromatic carbocycles. The molecule has 0 aliphatic heterocycles. The van der Waals surface area contributed by atoms with Crippen LogP contribution in [-0.2, 0) is 12.7 Å². The normalized spacial score (nSPS) is 11.8. The quantitative estimate of drug-likeness (QED) is 0.730. The molecular weight excluding hydrogens is 241 g/mol. The highest BCUT2D eigenvalue weighted by Crippen LogP contribution is 2.31. The molecule has 0 saturated heterocycles. The van der Waals surface area contributed by atoms with E-state index in [1.165, 1.54) is 0 Å². The molecule has 1 aromatic rings. The van der Waals surface area contributed by atoms with Crippen LogP contribution in [0.15, 0.2) is 0 Å². The van der Waals surface area contributed by atoms with Gasteiger partial charge in [-0.1, -0.05) is 5.21 Å². The number of rotatable bonds is 5. The van der Waals surface area contributed by atoms with Crippen molar-refractivity contribution < 1.29 is 23.1 Å². The van der Waals surface area contributed by atoms with Crippen molar-refractivity contribution in [2.75, 3.05) is 6.61 Å². The van der Waals surface area contributed by atoms with Crippen molar-refractivity contribution in [3.05, 3.63) is 11.4 Å². The summed E-state index contributed by atoms with van der Waals surface area (Å²) in [7, 11) is 0. The third-order valence-electron chi connectivity index (χ3n) is 2.02. The number of aliphatic hydroxyl groups excluding tert-OH is 1. The minimum Gasteiger partial charge on any atom is -0.396 e. The number of primary amides is 1. The second-order valence-corrected chi connectivity index (χ2v) is 3.30. The van der Waals surface area contributed by atoms with Crippen molar-refractivity contribution in [3.8, 4) is 0 Å². The minimum absolute atomic E-state index is 0.0876. The zero-order valence-electron chi connectivity index (χ0n) is 8.74. The molecule has 1 heterocycles. The summed E-state index contributed by atoms with van der Waals surface area (Å²) >= 11 is 0. The number of halogens is 3. The monoisotopic (exact) mass is 252 g/mol. The summed E-state index contributed by atoms with van der Waals surface area (Å²) in [5.41, 5.74) is 2.65. The van der Waals surface area contributed by atoms with Crippen LogP contribution in [0.2, 0.25) is 0 Å². The molecule has 0 spiro atoms. The highest BCUT2D eigenvalue weighted by molar-refractivity contribution is 5.91. The molecule has 1 aromatic heterocycles. The van der Waals surface area contributed by atoms with Gasteiger partial charge in [0.2, 0.25) is 0 Å². The van der Waals surface area contributed by atoms with Gasteiger partial charge in [-0.25, -0.2) is 4.68 Å². The molecule has 0 aliphatic carbocycles. The molecule has 0 unspecified atom stereocenters. The van der Waals surface area contributed by atoms with E-state index in [1.807, 2.05) is 0 Å². The van der Waals surface area contributed by atoms with Crippen LogP contribution in [0.25, 0.3) is 0 Å². The summed E-state index contributed by atoms with van der Waals surface area (Å²) in [6, 6.07) is 0. The number of aromatic nitrogens is 3. The number of amides is 1. The van der Waals surface area contributed by atoms with Gasteiger partial charge in [0.1, 0.15) is 0 Å². The van der Waals surface area contributed by atoms with Crippen LogP contribution < -0.4 is 5.73 Å². The number of carbonyl (C=O) groups is 1. The lowest BCUT2D eigenvalue weighted by molar-refractivity contribution is -0.144. The maximum Gasteiger partial charge on any atom is 0.435 e. The molecule has 3 N–H and O–H groups in total. The topological polar surface area (TPSA) is 94.0 Å². The van der Waals surface area contributed by atoms with Gasteiger partial charge in [0, 0.05) is 13.2 Å². The zero-order valence-corrected chi connectivity index (χ0v) is 8.74. The van der Waals surface area contributed by atoms with Crippen molar-refractivity contribution >= 4 is 5.91 Å². The largest absolute Gasteiger partial charge is 0.435 e. The Hall–Kier alpha value is -1.64. The van der Waals surface area contributed by atoms with E-state index in [9.17, 15) is 18.0 Å². The van der Waals surface area contributed by atoms with Gasteiger partial charge in [-0.3, -0.25) is 4.79 Å². The first-order valence-corrected chi connectivity index (χ1v) is 4.79. The highest BCUT2D eigenvalue weighted by atomic mass is 19.4. The number of hydrogen-bond acceptors (Lipinski definition) is 4. The Balaban J connectivity index is 3.01. The first-order valence-electron chi connectivity index (χ1n) is 4.79. The third kappa shape index (κ3) is 3.16. The predicted octanol–water partition coefficient (Wildman–Crippen LogP) is 0.168. The second kappa shape index (κ2) is 5.13. The van der Waals surface area contributed by atoms with Gasteiger partial charge in [0.15, 0.2) is 11.4 Å². The van der Waals surface area contributed by atoms with E-state index >= 15 is 0 Å². The van der Waals surface area contributed by atoms with Crippen LogP contribution in [-0.4, -0.2) is 32.6 Å². The van der Waals surface area contributed by atoms with Gasteiger partial charge in [0.05, 0.1) is 0 Å². The van der Waals surface area contributed by atoms with Crippen LogP contribution in [0, 0.1) is 0 Å². The standard InChI is InChI=1S/C8H11F3N4O2/c9-8(10,11)6-5(7(12)17)13-14-15(6)3-1-2-4-16/h16H,1-4H2,(H2,12,17). The fourth-order valence-corrected chi connectivity index (χ4v) is 1.29. The third-order valence-corrected chi connectivity index (χ3v) is 2.02. The van der Waals surface area contributed by atoms with Crippen LogP contribution >= 0.6 is 0 Å². The van der Waals surface area contributed by atoms with Gasteiger partial charge in [0.25, 0.3) is 5.91 Å². The molecule has 0 radical (unpaired) electrons. The number of nitrogens with two attached hydrogens (primary N) is 1. The zero-order chi connectivity index (χ0) is 13.1. The highest BCUT2D eigenvalue weighted by Gasteiger charge is 2.40. The van der Waals surface area contributed by atoms with E-state index in [4.69, 9.17) is 10.8 Å². The molecule has 1 amide bonds. The second-order valence-electron chi connectivity index (χ2n) is 3.30. The molecule has 0 fully saturated rings. The first kappa shape index (κ1) is 13.4. The Kier molecular flexibility index (Phi) is 4.05. The number of aliphatic hydroxyl groups is 1. The summed E-state index contributed by atoms with van der Waals surface area (Å²) < 4.78 is 38.5. The predicted molar refractivity (Wildman–Crippen MR) is 49.9 cm³/mol. The van der Waals surface area contributed by atoms with Crippen LogP contribution in [0.5, 0.6) is 0 Å². The minimum atomic E-state index is -4.74. The summed E-state index contributed by atoms with van der Waals surface area (Å²) in [5, 5.41) is 14.9. The maximum atomic E-state index is 12.7. The number of hydrogen-bond donors (Lipinski definition) is 2. The Morgan fingerprint density at radius 1 is 1.41 bits per heavy atom. The van der Waals surface area contributed by atoms with Crippen molar-refractivity contribution in [2.24, 2.45) is 5.73 Å². The molecule has 9 heteroatoms. The van der Waals surface area contributed by atoms with Gasteiger partial charge in [-0.15, -0.1) is 5.10 Å². The Labute approximate surface area is 94.2 Å². The van der Waals surface area contributed by atoms with Crippen molar-refractivity contribution in [1.82, 2.24) is 15.0 Å². The van der Waals surface area contributed by atoms with E-state index < -0.39 is 23.5 Å². The number of carbonyl (C=O) groups excluding carboxylic acids is 1. The Bertz CT molecular complexity index is 402. The lowest BCUT2D eigenvalue weighted by atomic mass is 10.2. The van der Waals surface area contributed by atoms with Gasteiger partial charge >= 0.3 is 6.18 Å². The van der Waals surface area contributed by atoms with Gasteiger partial charge < -0.3 is 10.8 Å². The van der Waals surface area contributed by atoms with Gasteiger partial charge in [-0.2, -0.15) is 13.2 Å². The fourth-order valence-electron chi connectivity index (χ4n) is 1.29. The molecule has 96 valence electrons. The van der Waals surface area contributed by atoms with Crippen molar-refractivity contribution in [2.45, 2.75) is 25.6 Å². The van der Waals surface area contributed by atoms with Crippen LogP contribution in [0.4, 0.5) is 13.2 Å². The van der Waals surface area contributed by atoms with Crippen LogP contribution in [0.1, 0.15) is 29.0 Å². The van der Waals surface area contributed by atoms with E-state index in [0.717, 1.165) is 0 Å². The van der Waals surface area contributed by atoms with E-state index in [-0.39, 0.29) is 13.2 Å². The Morgan fingerprint density at radius 3 is 2.53 bits per heavy atom. The summed E-state index contributed by atoms with van der Waals surface area (Å²) in [5.74, 6) is -1.27. The molecule has 0 atom stereocenters. The summed E-state index contributed by atoms with van der Waals surface area (Å²) in [4.78, 5) is 10.8. The van der Waals surface area contributed by atoms with Crippen LogP contribution in [0.3, 0.4) is 0 Å². The molecule has 0 bridgehead atoms. The SMILES string of the molecule is NC(=O)c1nnn(CCCCO)c1C(F)(F)F. The maximum absolute atomic E-state index is 12.7. The fraction of sp³-hybridized carbons (Fsp3) is 0.625. The number of aryl methyl sites for hydroxylation is 1. The lowest BCUT2D eigenvalue weighted by Gasteiger charge is -2.09. The molecular formula is C8H11F3N4O2. The molecule has 17 heavy (non-hydrogen) atoms. The van der Waals surface area contributed by atoms with Crippen molar-refractivity contribution in [3.63, 3.8) is 0 Å². The van der Waals surface area contributed by atoms with Crippen molar-refractivity contribution in [1.29, 1.82) is 0 Å². The molecule has 1 rings (SSSR count). The smallest absolute Gasteiger partial charge is 0.396 e. The van der Waals surface area contributed by atoms with Gasteiger partial charge in [-0.05, 0) is 12.8 Å². The Morgan fingerprint density at radius 2 is 2.06 bits per heavy atom. The average molecular weight is 252 g/mol. The van der Waals surface area contributed by atoms with E-state index in [1.54, 1.807) is 0 Å². The average Bonchev–Trinajstić information content (AvgIpc) is 2.61. The van der Waals surface area contributed by atoms with E-state index in [0.29, 0.717) is 17.5 Å². The lowest BCUT2D eigenvalue weighted by Crippen LogP contribution is -2.22. The van der Waals surface area contributed by atoms with E-state index in [2.05, 4.69) is 10.3 Å². The number of nitrogens with zero attached hydrogens (tertiary/aromatic N) is 3. The molecule has 0 saturated carbocycles. The molecule has 6 nitrogen and oxygen atoms in total.